The third kappa shape index (κ3) is 5.98. The van der Waals surface area contributed by atoms with E-state index in [1.165, 1.54) is 0 Å². The second-order valence-electron chi connectivity index (χ2n) is 7.92. The second-order valence-corrected chi connectivity index (χ2v) is 7.92. The lowest BCUT2D eigenvalue weighted by atomic mass is 10.1. The van der Waals surface area contributed by atoms with E-state index in [9.17, 15) is 35.9 Å². The highest BCUT2D eigenvalue weighted by molar-refractivity contribution is 6.09. The van der Waals surface area contributed by atoms with Gasteiger partial charge in [-0.15, -0.1) is 12.4 Å². The Morgan fingerprint density at radius 2 is 1.88 bits per heavy atom. The average molecular weight is 513 g/mol. The Labute approximate surface area is 195 Å². The molecule has 0 bridgehead atoms. The number of nitrogens with zero attached hydrogens (tertiary/aromatic N) is 4. The number of halogens is 7. The molecular formula is C19H19ClF6N6O2. The molecular weight excluding hydrogens is 494 g/mol. The van der Waals surface area contributed by atoms with Crippen molar-refractivity contribution >= 4 is 41.8 Å². The summed E-state index contributed by atoms with van der Waals surface area (Å²) in [6.07, 6.45) is -8.94. The summed E-state index contributed by atoms with van der Waals surface area (Å²) >= 11 is 0. The summed E-state index contributed by atoms with van der Waals surface area (Å²) in [5.74, 6) is -2.09. The van der Waals surface area contributed by atoms with Crippen molar-refractivity contribution in [3.05, 3.63) is 41.6 Å². The first-order valence-corrected chi connectivity index (χ1v) is 9.35. The minimum absolute atomic E-state index is 0. The minimum atomic E-state index is -4.93. The number of benzene rings is 1. The molecule has 1 fully saturated rings. The van der Waals surface area contributed by atoms with Crippen LogP contribution in [-0.2, 0) is 6.18 Å². The Kier molecular flexibility index (Phi) is 7.26. The van der Waals surface area contributed by atoms with Crippen LogP contribution >= 0.6 is 12.4 Å². The molecule has 186 valence electrons. The number of aromatic nitrogens is 2. The van der Waals surface area contributed by atoms with Gasteiger partial charge in [-0.2, -0.15) is 31.3 Å². The molecule has 1 aliphatic heterocycles. The Hall–Kier alpha value is -3.29. The van der Waals surface area contributed by atoms with Crippen LogP contribution in [-0.4, -0.2) is 46.7 Å². The van der Waals surface area contributed by atoms with Gasteiger partial charge < -0.3 is 11.1 Å². The van der Waals surface area contributed by atoms with Crippen molar-refractivity contribution in [2.45, 2.75) is 31.7 Å². The fourth-order valence-electron chi connectivity index (χ4n) is 3.16. The molecule has 34 heavy (non-hydrogen) atoms. The van der Waals surface area contributed by atoms with Gasteiger partial charge in [-0.3, -0.25) is 14.6 Å². The van der Waals surface area contributed by atoms with Crippen molar-refractivity contribution < 1.29 is 35.9 Å². The number of nitrogens with one attached hydrogen (secondary N) is 1. The molecule has 0 saturated carbocycles. The Morgan fingerprint density at radius 1 is 1.24 bits per heavy atom. The number of rotatable bonds is 4. The molecule has 3 N–H and O–H groups in total. The second kappa shape index (κ2) is 9.16. The molecule has 1 aromatic heterocycles. The molecule has 3 amide bonds. The highest BCUT2D eigenvalue weighted by Crippen LogP contribution is 2.33. The van der Waals surface area contributed by atoms with Gasteiger partial charge in [0.05, 0.1) is 17.6 Å². The van der Waals surface area contributed by atoms with Crippen molar-refractivity contribution in [2.75, 3.05) is 28.6 Å². The van der Waals surface area contributed by atoms with Gasteiger partial charge in [0.25, 0.3) is 5.91 Å². The number of carbonyl (C=O) groups excluding carboxylic acids is 2. The van der Waals surface area contributed by atoms with Gasteiger partial charge >= 0.3 is 18.4 Å². The molecule has 1 aliphatic rings. The Morgan fingerprint density at radius 3 is 2.38 bits per heavy atom. The average Bonchev–Trinajstić information content (AvgIpc) is 2.96. The van der Waals surface area contributed by atoms with Crippen LogP contribution in [0.2, 0.25) is 0 Å². The lowest BCUT2D eigenvalue weighted by Crippen LogP contribution is -2.40. The largest absolute Gasteiger partial charge is 0.416 e. The third-order valence-corrected chi connectivity index (χ3v) is 4.59. The van der Waals surface area contributed by atoms with E-state index in [0.717, 1.165) is 23.2 Å². The first kappa shape index (κ1) is 27.0. The highest BCUT2D eigenvalue weighted by Gasteiger charge is 2.39. The number of urea groups is 1. The van der Waals surface area contributed by atoms with Crippen LogP contribution in [0.25, 0.3) is 0 Å². The van der Waals surface area contributed by atoms with Gasteiger partial charge in [-0.1, -0.05) is 6.07 Å². The maximum absolute atomic E-state index is 13.2. The molecule has 3 rings (SSSR count). The van der Waals surface area contributed by atoms with E-state index < -0.39 is 59.0 Å². The summed E-state index contributed by atoms with van der Waals surface area (Å²) in [6.45, 7) is 1.74. The molecule has 0 atom stereocenters. The number of nitrogens with two attached hydrogens (primary N) is 1. The van der Waals surface area contributed by atoms with Crippen LogP contribution < -0.4 is 20.9 Å². The summed E-state index contributed by atoms with van der Waals surface area (Å²) < 4.78 is 78.6. The fraction of sp³-hybridized carbons (Fsp3) is 0.368. The standard InChI is InChI=1S/C19H18F6N6O2.ClH/c1-17(2)8-31(16(33)29-17)15-27-7-12(13(26)28-15)14(32)30(9-18(20,21)22)11-5-3-4-10(6-11)19(23,24)25;/h3-7H,8-9H2,1-2H3,(H,29,33)(H2,26,27,28);1H. The number of amides is 3. The van der Waals surface area contributed by atoms with Crippen LogP contribution in [0, 0.1) is 0 Å². The number of alkyl halides is 6. The molecule has 1 aromatic carbocycles. The molecule has 1 saturated heterocycles. The summed E-state index contributed by atoms with van der Waals surface area (Å²) in [5.41, 5.74) is 2.70. The van der Waals surface area contributed by atoms with E-state index in [4.69, 9.17) is 5.73 Å². The smallest absolute Gasteiger partial charge is 0.383 e. The van der Waals surface area contributed by atoms with Gasteiger partial charge in [-0.25, -0.2) is 9.78 Å². The first-order chi connectivity index (χ1) is 15.1. The van der Waals surface area contributed by atoms with Crippen molar-refractivity contribution in [3.8, 4) is 0 Å². The molecule has 15 heteroatoms. The quantitative estimate of drug-likeness (QED) is 0.602. The highest BCUT2D eigenvalue weighted by atomic mass is 35.5. The van der Waals surface area contributed by atoms with Crippen molar-refractivity contribution in [1.82, 2.24) is 15.3 Å². The molecule has 2 heterocycles. The SMILES string of the molecule is CC1(C)CN(c2ncc(C(=O)N(CC(F)(F)F)c3cccc(C(F)(F)F)c3)c(N)n2)C(=O)N1.Cl. The number of nitrogen functional groups attached to an aromatic ring is 1. The van der Waals surface area contributed by atoms with Crippen LogP contribution in [0.3, 0.4) is 0 Å². The summed E-state index contributed by atoms with van der Waals surface area (Å²) in [5, 5.41) is 2.66. The van der Waals surface area contributed by atoms with E-state index in [1.807, 2.05) is 0 Å². The summed E-state index contributed by atoms with van der Waals surface area (Å²) in [4.78, 5) is 33.9. The third-order valence-electron chi connectivity index (χ3n) is 4.59. The number of carbonyl (C=O) groups is 2. The van der Waals surface area contributed by atoms with Gasteiger partial charge in [0, 0.05) is 11.9 Å². The van der Waals surface area contributed by atoms with E-state index in [0.29, 0.717) is 12.1 Å². The maximum atomic E-state index is 13.2. The van der Waals surface area contributed by atoms with Crippen LogP contribution in [0.15, 0.2) is 30.5 Å². The zero-order valence-electron chi connectivity index (χ0n) is 17.7. The van der Waals surface area contributed by atoms with Gasteiger partial charge in [-0.05, 0) is 32.0 Å². The van der Waals surface area contributed by atoms with Crippen molar-refractivity contribution in [3.63, 3.8) is 0 Å². The van der Waals surface area contributed by atoms with E-state index in [2.05, 4.69) is 15.3 Å². The number of anilines is 3. The zero-order chi connectivity index (χ0) is 24.8. The van der Waals surface area contributed by atoms with Gasteiger partial charge in [0.1, 0.15) is 17.9 Å². The fourth-order valence-corrected chi connectivity index (χ4v) is 3.16. The van der Waals surface area contributed by atoms with Crippen LogP contribution in [0.4, 0.5) is 48.6 Å². The zero-order valence-corrected chi connectivity index (χ0v) is 18.5. The van der Waals surface area contributed by atoms with Crippen molar-refractivity contribution in [1.29, 1.82) is 0 Å². The molecule has 0 spiro atoms. The molecule has 0 radical (unpaired) electrons. The predicted octanol–water partition coefficient (Wildman–Crippen LogP) is 4.02. The van der Waals surface area contributed by atoms with Gasteiger partial charge in [0.2, 0.25) is 5.95 Å². The molecule has 8 nitrogen and oxygen atoms in total. The van der Waals surface area contributed by atoms with E-state index >= 15 is 0 Å². The maximum Gasteiger partial charge on any atom is 0.416 e. The monoisotopic (exact) mass is 512 g/mol. The lowest BCUT2D eigenvalue weighted by molar-refractivity contribution is -0.137. The Balaban J connectivity index is 0.00000408. The summed E-state index contributed by atoms with van der Waals surface area (Å²) in [6, 6.07) is 2.35. The summed E-state index contributed by atoms with van der Waals surface area (Å²) in [7, 11) is 0. The number of hydrogen-bond acceptors (Lipinski definition) is 5. The normalized spacial score (nSPS) is 15.5. The first-order valence-electron chi connectivity index (χ1n) is 9.35. The van der Waals surface area contributed by atoms with Gasteiger partial charge in [0.15, 0.2) is 0 Å². The lowest BCUT2D eigenvalue weighted by Gasteiger charge is -2.25. The molecule has 0 aliphatic carbocycles. The molecule has 0 unspecified atom stereocenters. The predicted molar refractivity (Wildman–Crippen MR) is 113 cm³/mol. The Bertz CT molecular complexity index is 1090. The van der Waals surface area contributed by atoms with Crippen molar-refractivity contribution in [2.24, 2.45) is 0 Å². The topological polar surface area (TPSA) is 104 Å². The van der Waals surface area contributed by atoms with Crippen LogP contribution in [0.5, 0.6) is 0 Å². The minimum Gasteiger partial charge on any atom is -0.383 e. The van der Waals surface area contributed by atoms with E-state index in [1.54, 1.807) is 13.8 Å². The van der Waals surface area contributed by atoms with Crippen LogP contribution in [0.1, 0.15) is 29.8 Å². The van der Waals surface area contributed by atoms with E-state index in [-0.39, 0.29) is 29.8 Å². The molecule has 2 aromatic rings. The number of hydrogen-bond donors (Lipinski definition) is 2.